The van der Waals surface area contributed by atoms with Gasteiger partial charge in [0.2, 0.25) is 5.89 Å². The van der Waals surface area contributed by atoms with Gasteiger partial charge < -0.3 is 9.73 Å². The number of rotatable bonds is 6. The van der Waals surface area contributed by atoms with Crippen molar-refractivity contribution in [3.05, 3.63) is 59.3 Å². The van der Waals surface area contributed by atoms with Crippen molar-refractivity contribution in [2.45, 2.75) is 44.3 Å². The van der Waals surface area contributed by atoms with E-state index in [1.807, 2.05) is 25.1 Å². The molecule has 188 valence electrons. The van der Waals surface area contributed by atoms with Crippen LogP contribution in [0.25, 0.3) is 6.08 Å². The van der Waals surface area contributed by atoms with Crippen LogP contribution >= 0.6 is 35.3 Å². The fourth-order valence-corrected chi connectivity index (χ4v) is 8.03. The largest absolute Gasteiger partial charge is 0.442 e. The molecule has 7 nitrogen and oxygen atoms in total. The lowest BCUT2D eigenvalue weighted by Crippen LogP contribution is -2.33. The van der Waals surface area contributed by atoms with Crippen LogP contribution in [0, 0.1) is 6.92 Å². The van der Waals surface area contributed by atoms with E-state index in [0.29, 0.717) is 23.1 Å². The molecular weight excluding hydrogens is 511 g/mol. The first-order valence-corrected chi connectivity index (χ1v) is 14.7. The number of aromatic nitrogens is 1. The number of aliphatic imine (C=N–C) groups is 3. The van der Waals surface area contributed by atoms with Crippen molar-refractivity contribution in [1.82, 2.24) is 10.3 Å². The number of hydrogen-bond donors (Lipinski definition) is 1. The summed E-state index contributed by atoms with van der Waals surface area (Å²) in [5, 5.41) is 5.69. The summed E-state index contributed by atoms with van der Waals surface area (Å²) in [6, 6.07) is 10.3. The number of thioether (sulfide) groups is 3. The van der Waals surface area contributed by atoms with Crippen molar-refractivity contribution < 1.29 is 9.21 Å². The normalized spacial score (nSPS) is 30.0. The maximum Gasteiger partial charge on any atom is 0.273 e. The van der Waals surface area contributed by atoms with Gasteiger partial charge in [-0.3, -0.25) is 19.8 Å². The lowest BCUT2D eigenvalue weighted by Gasteiger charge is -2.21. The lowest BCUT2D eigenvalue weighted by atomic mass is 10.0. The molecule has 3 unspecified atom stereocenters. The van der Waals surface area contributed by atoms with Gasteiger partial charge in [-0.1, -0.05) is 36.4 Å². The van der Waals surface area contributed by atoms with E-state index in [1.54, 1.807) is 49.3 Å². The molecular formula is C26H29N5O2S3. The molecule has 1 aromatic heterocycles. The number of carbonyl (C=O) groups is 1. The lowest BCUT2D eigenvalue weighted by molar-refractivity contribution is 0.0957. The molecule has 1 amide bonds. The van der Waals surface area contributed by atoms with Crippen molar-refractivity contribution in [3.63, 3.8) is 0 Å². The van der Waals surface area contributed by atoms with Gasteiger partial charge in [-0.05, 0) is 39.3 Å². The third kappa shape index (κ3) is 4.70. The van der Waals surface area contributed by atoms with E-state index in [0.717, 1.165) is 32.2 Å². The third-order valence-electron chi connectivity index (χ3n) is 6.37. The zero-order valence-electron chi connectivity index (χ0n) is 21.0. The zero-order chi connectivity index (χ0) is 25.6. The molecule has 0 saturated heterocycles. The number of nitrogens with one attached hydrogen (secondary N) is 1. The highest BCUT2D eigenvalue weighted by Crippen LogP contribution is 2.46. The van der Waals surface area contributed by atoms with E-state index in [1.165, 1.54) is 0 Å². The molecule has 3 atom stereocenters. The summed E-state index contributed by atoms with van der Waals surface area (Å²) in [5.41, 5.74) is 0.0893. The van der Waals surface area contributed by atoms with Crippen molar-refractivity contribution in [2.24, 2.45) is 15.0 Å². The minimum Gasteiger partial charge on any atom is -0.442 e. The Morgan fingerprint density at radius 1 is 0.917 bits per heavy atom. The van der Waals surface area contributed by atoms with E-state index < -0.39 is 11.1 Å². The molecule has 0 bridgehead atoms. The molecule has 0 fully saturated rings. The smallest absolute Gasteiger partial charge is 0.273 e. The highest BCUT2D eigenvalue weighted by atomic mass is 32.2. The van der Waals surface area contributed by atoms with Crippen LogP contribution in [-0.4, -0.2) is 61.4 Å². The van der Waals surface area contributed by atoms with Crippen LogP contribution in [0.4, 0.5) is 0 Å². The summed E-state index contributed by atoms with van der Waals surface area (Å²) in [7, 11) is 1.59. The van der Waals surface area contributed by atoms with Crippen LogP contribution in [0.3, 0.4) is 0 Å². The molecule has 0 saturated carbocycles. The third-order valence-corrected chi connectivity index (χ3v) is 10.6. The second-order valence-electron chi connectivity index (χ2n) is 9.72. The second kappa shape index (κ2) is 9.54. The van der Waals surface area contributed by atoms with Gasteiger partial charge in [0.15, 0.2) is 5.69 Å². The van der Waals surface area contributed by atoms with Crippen LogP contribution in [0.1, 0.15) is 48.5 Å². The maximum absolute atomic E-state index is 12.1. The number of amides is 1. The molecule has 36 heavy (non-hydrogen) atoms. The average Bonchev–Trinajstić information content (AvgIpc) is 3.65. The van der Waals surface area contributed by atoms with Crippen LogP contribution < -0.4 is 5.32 Å². The Kier molecular flexibility index (Phi) is 6.72. The maximum atomic E-state index is 12.1. The number of nitrogens with zero attached hydrogens (tertiary/aromatic N) is 4. The first kappa shape index (κ1) is 25.4. The zero-order valence-corrected chi connectivity index (χ0v) is 23.4. The molecule has 0 aliphatic carbocycles. The average molecular weight is 540 g/mol. The topological polar surface area (TPSA) is 92.2 Å². The fourth-order valence-electron chi connectivity index (χ4n) is 4.17. The van der Waals surface area contributed by atoms with Crippen LogP contribution in [0.15, 0.2) is 55.8 Å². The summed E-state index contributed by atoms with van der Waals surface area (Å²) < 4.78 is 5.89. The Bertz CT molecular complexity index is 1320. The summed E-state index contributed by atoms with van der Waals surface area (Å²) in [5.74, 6) is 3.11. The minimum atomic E-state index is -0.635. The van der Waals surface area contributed by atoms with Gasteiger partial charge in [0.1, 0.15) is 22.4 Å². The Morgan fingerprint density at radius 2 is 1.53 bits per heavy atom. The van der Waals surface area contributed by atoms with Crippen LogP contribution in [0.2, 0.25) is 0 Å². The predicted molar refractivity (Wildman–Crippen MR) is 154 cm³/mol. The standard InChI is InChI=1S/C26H29N5O2S3/c1-16-19(20(32)27-5)28-21(33-16)24(2)13-35-23(30-24)26(4)15-36-22(31-26)25(3)14-34-18(29-25)12-11-17-9-7-6-8-10-17/h6-12H,13-15H2,1-5H3,(H,27,32)/b12-11+. The molecule has 10 heteroatoms. The summed E-state index contributed by atoms with van der Waals surface area (Å²) in [6.45, 7) is 8.08. The van der Waals surface area contributed by atoms with E-state index in [-0.39, 0.29) is 11.4 Å². The molecule has 3 aliphatic rings. The summed E-state index contributed by atoms with van der Waals surface area (Å²) >= 11 is 5.25. The SMILES string of the molecule is CNC(=O)c1nc(C2(C)CSC(C3(C)CSC(C4(C)CSC(/C=C/c5ccccc5)=N4)=N3)=N2)oc1C. The summed E-state index contributed by atoms with van der Waals surface area (Å²) in [4.78, 5) is 31.9. The van der Waals surface area contributed by atoms with Crippen LogP contribution in [-0.2, 0) is 5.54 Å². The van der Waals surface area contributed by atoms with Crippen molar-refractivity contribution in [3.8, 4) is 0 Å². The van der Waals surface area contributed by atoms with Gasteiger partial charge in [0.25, 0.3) is 5.91 Å². The quantitative estimate of drug-likeness (QED) is 0.541. The van der Waals surface area contributed by atoms with Crippen molar-refractivity contribution in [2.75, 3.05) is 24.3 Å². The van der Waals surface area contributed by atoms with Gasteiger partial charge in [-0.25, -0.2) is 4.98 Å². The predicted octanol–water partition coefficient (Wildman–Crippen LogP) is 5.22. The molecule has 5 rings (SSSR count). The van der Waals surface area contributed by atoms with Gasteiger partial charge in [-0.2, -0.15) is 0 Å². The number of aryl methyl sites for hydroxylation is 1. The monoisotopic (exact) mass is 539 g/mol. The van der Waals surface area contributed by atoms with Gasteiger partial charge in [-0.15, -0.1) is 35.3 Å². The summed E-state index contributed by atoms with van der Waals surface area (Å²) in [6.07, 6.45) is 4.20. The molecule has 4 heterocycles. The molecule has 3 aliphatic heterocycles. The number of carbonyl (C=O) groups excluding carboxylic acids is 1. The Morgan fingerprint density at radius 3 is 2.22 bits per heavy atom. The molecule has 0 radical (unpaired) electrons. The molecule has 2 aromatic rings. The Labute approximate surface area is 224 Å². The number of oxazole rings is 1. The van der Waals surface area contributed by atoms with E-state index >= 15 is 0 Å². The number of benzene rings is 1. The van der Waals surface area contributed by atoms with E-state index in [4.69, 9.17) is 19.4 Å². The molecule has 1 aromatic carbocycles. The van der Waals surface area contributed by atoms with E-state index in [2.05, 4.69) is 48.4 Å². The molecule has 1 N–H and O–H groups in total. The first-order chi connectivity index (χ1) is 17.1. The second-order valence-corrected chi connectivity index (χ2v) is 12.6. The first-order valence-electron chi connectivity index (χ1n) is 11.8. The Balaban J connectivity index is 1.36. The molecule has 0 spiro atoms. The van der Waals surface area contributed by atoms with Gasteiger partial charge in [0, 0.05) is 24.3 Å². The fraction of sp³-hybridized carbons (Fsp3) is 0.423. The van der Waals surface area contributed by atoms with Crippen molar-refractivity contribution in [1.29, 1.82) is 0 Å². The highest BCUT2D eigenvalue weighted by molar-refractivity contribution is 8.17. The van der Waals surface area contributed by atoms with Crippen molar-refractivity contribution >= 4 is 62.4 Å². The number of hydrogen-bond acceptors (Lipinski definition) is 9. The Hall–Kier alpha value is -2.30. The highest BCUT2D eigenvalue weighted by Gasteiger charge is 2.48. The van der Waals surface area contributed by atoms with E-state index in [9.17, 15) is 4.79 Å². The van der Waals surface area contributed by atoms with Gasteiger partial charge in [0.05, 0.1) is 15.1 Å². The van der Waals surface area contributed by atoms with Crippen LogP contribution in [0.5, 0.6) is 0 Å². The minimum absolute atomic E-state index is 0.254. The van der Waals surface area contributed by atoms with Gasteiger partial charge >= 0.3 is 0 Å².